The number of thiazole rings is 1. The predicted octanol–water partition coefficient (Wildman–Crippen LogP) is 4.12. The number of nitrogens with one attached hydrogen (secondary N) is 1. The predicted molar refractivity (Wildman–Crippen MR) is 70.2 cm³/mol. The van der Waals surface area contributed by atoms with Crippen LogP contribution in [0.15, 0.2) is 34.2 Å². The number of nitrogens with zero attached hydrogens (tertiary/aromatic N) is 1. The fraction of sp³-hybridized carbons (Fsp3) is 0.182. The smallest absolute Gasteiger partial charge is 0.387 e. The summed E-state index contributed by atoms with van der Waals surface area (Å²) >= 11 is 4.74. The van der Waals surface area contributed by atoms with Gasteiger partial charge in [-0.1, -0.05) is 15.9 Å². The standard InChI is InChI=1S/C11H9BrF2N2OS/c12-8-1-2-9(17-10(13)14)7(5-8)6-16-11-15-3-4-18-11/h1-5,10H,6H2,(H,15,16). The van der Waals surface area contributed by atoms with Gasteiger partial charge in [-0.15, -0.1) is 11.3 Å². The molecule has 18 heavy (non-hydrogen) atoms. The number of halogens is 3. The van der Waals surface area contributed by atoms with E-state index in [1.807, 2.05) is 5.38 Å². The highest BCUT2D eigenvalue weighted by Gasteiger charge is 2.10. The Labute approximate surface area is 115 Å². The van der Waals surface area contributed by atoms with Gasteiger partial charge < -0.3 is 10.1 Å². The van der Waals surface area contributed by atoms with Crippen molar-refractivity contribution in [2.24, 2.45) is 0 Å². The van der Waals surface area contributed by atoms with Crippen molar-refractivity contribution in [2.75, 3.05) is 5.32 Å². The molecule has 0 amide bonds. The van der Waals surface area contributed by atoms with Gasteiger partial charge in [0, 0.05) is 28.2 Å². The summed E-state index contributed by atoms with van der Waals surface area (Å²) in [6, 6.07) is 4.90. The molecule has 0 spiro atoms. The Hall–Kier alpha value is -1.21. The monoisotopic (exact) mass is 334 g/mol. The molecule has 0 aliphatic heterocycles. The average molecular weight is 335 g/mol. The molecule has 1 heterocycles. The fourth-order valence-corrected chi connectivity index (χ4v) is 2.32. The summed E-state index contributed by atoms with van der Waals surface area (Å²) in [6.45, 7) is -2.46. The van der Waals surface area contributed by atoms with Gasteiger partial charge in [0.15, 0.2) is 5.13 Å². The van der Waals surface area contributed by atoms with Crippen molar-refractivity contribution in [2.45, 2.75) is 13.2 Å². The maximum atomic E-state index is 12.3. The van der Waals surface area contributed by atoms with Gasteiger partial charge in [0.25, 0.3) is 0 Å². The number of benzene rings is 1. The molecule has 0 atom stereocenters. The maximum absolute atomic E-state index is 12.3. The van der Waals surface area contributed by atoms with E-state index in [9.17, 15) is 8.78 Å². The Morgan fingerprint density at radius 3 is 2.94 bits per heavy atom. The van der Waals surface area contributed by atoms with E-state index in [2.05, 4.69) is 31.0 Å². The Bertz CT molecular complexity index is 508. The highest BCUT2D eigenvalue weighted by Crippen LogP contribution is 2.26. The van der Waals surface area contributed by atoms with Gasteiger partial charge in [-0.05, 0) is 18.2 Å². The number of aromatic nitrogens is 1. The van der Waals surface area contributed by atoms with Gasteiger partial charge in [0.05, 0.1) is 0 Å². The van der Waals surface area contributed by atoms with Crippen LogP contribution >= 0.6 is 27.3 Å². The van der Waals surface area contributed by atoms with E-state index in [0.29, 0.717) is 12.1 Å². The molecule has 1 aromatic heterocycles. The second-order valence-electron chi connectivity index (χ2n) is 3.32. The molecule has 1 N–H and O–H groups in total. The minimum Gasteiger partial charge on any atom is -0.434 e. The first-order valence-corrected chi connectivity index (χ1v) is 6.69. The molecule has 0 radical (unpaired) electrons. The lowest BCUT2D eigenvalue weighted by molar-refractivity contribution is -0.0504. The Kier molecular flexibility index (Phi) is 4.48. The third kappa shape index (κ3) is 3.64. The fourth-order valence-electron chi connectivity index (χ4n) is 1.38. The van der Waals surface area contributed by atoms with Crippen molar-refractivity contribution in [3.8, 4) is 5.75 Å². The first kappa shape index (κ1) is 13.2. The van der Waals surface area contributed by atoms with Crippen LogP contribution in [0.5, 0.6) is 5.75 Å². The van der Waals surface area contributed by atoms with Crippen LogP contribution in [-0.4, -0.2) is 11.6 Å². The SMILES string of the molecule is FC(F)Oc1ccc(Br)cc1CNc1nccs1. The van der Waals surface area contributed by atoms with Crippen LogP contribution in [0.3, 0.4) is 0 Å². The van der Waals surface area contributed by atoms with E-state index in [0.717, 1.165) is 9.60 Å². The number of hydrogen-bond acceptors (Lipinski definition) is 4. The number of anilines is 1. The van der Waals surface area contributed by atoms with Crippen LogP contribution in [0, 0.1) is 0 Å². The third-order valence-corrected chi connectivity index (χ3v) is 3.33. The summed E-state index contributed by atoms with van der Waals surface area (Å²) in [4.78, 5) is 4.05. The molecule has 1 aromatic carbocycles. The molecule has 3 nitrogen and oxygen atoms in total. The Morgan fingerprint density at radius 1 is 1.44 bits per heavy atom. The summed E-state index contributed by atoms with van der Waals surface area (Å²) in [5.41, 5.74) is 0.639. The Balaban J connectivity index is 2.11. The largest absolute Gasteiger partial charge is 0.434 e. The van der Waals surface area contributed by atoms with Crippen LogP contribution in [0.4, 0.5) is 13.9 Å². The van der Waals surface area contributed by atoms with Crippen molar-refractivity contribution in [3.05, 3.63) is 39.8 Å². The molecule has 0 unspecified atom stereocenters. The molecular formula is C11H9BrF2N2OS. The summed E-state index contributed by atoms with van der Waals surface area (Å²) in [5.74, 6) is 0.164. The quantitative estimate of drug-likeness (QED) is 0.893. The molecule has 96 valence electrons. The van der Waals surface area contributed by atoms with Crippen molar-refractivity contribution >= 4 is 32.4 Å². The zero-order chi connectivity index (χ0) is 13.0. The first-order chi connectivity index (χ1) is 8.65. The lowest BCUT2D eigenvalue weighted by Crippen LogP contribution is -2.07. The molecule has 0 aliphatic rings. The topological polar surface area (TPSA) is 34.1 Å². The van der Waals surface area contributed by atoms with Crippen molar-refractivity contribution < 1.29 is 13.5 Å². The van der Waals surface area contributed by atoms with E-state index >= 15 is 0 Å². The number of ether oxygens (including phenoxy) is 1. The van der Waals surface area contributed by atoms with Gasteiger partial charge in [-0.2, -0.15) is 8.78 Å². The first-order valence-electron chi connectivity index (χ1n) is 5.02. The summed E-state index contributed by atoms with van der Waals surface area (Å²) in [5, 5.41) is 5.61. The molecule has 0 fully saturated rings. The highest BCUT2D eigenvalue weighted by atomic mass is 79.9. The average Bonchev–Trinajstić information content (AvgIpc) is 2.82. The molecule has 0 saturated carbocycles. The summed E-state index contributed by atoms with van der Waals surface area (Å²) in [6.07, 6.45) is 1.67. The zero-order valence-corrected chi connectivity index (χ0v) is 11.5. The maximum Gasteiger partial charge on any atom is 0.387 e. The molecular weight excluding hydrogens is 326 g/mol. The van der Waals surface area contributed by atoms with Gasteiger partial charge >= 0.3 is 6.61 Å². The van der Waals surface area contributed by atoms with Crippen molar-refractivity contribution in [1.82, 2.24) is 4.98 Å². The summed E-state index contributed by atoms with van der Waals surface area (Å²) < 4.78 is 29.8. The number of rotatable bonds is 5. The van der Waals surface area contributed by atoms with E-state index in [-0.39, 0.29) is 5.75 Å². The number of hydrogen-bond donors (Lipinski definition) is 1. The van der Waals surface area contributed by atoms with E-state index < -0.39 is 6.61 Å². The lowest BCUT2D eigenvalue weighted by Gasteiger charge is -2.11. The minimum atomic E-state index is -2.83. The van der Waals surface area contributed by atoms with Crippen LogP contribution < -0.4 is 10.1 Å². The van der Waals surface area contributed by atoms with Crippen LogP contribution in [-0.2, 0) is 6.54 Å². The van der Waals surface area contributed by atoms with Crippen molar-refractivity contribution in [3.63, 3.8) is 0 Å². The molecule has 2 aromatic rings. The van der Waals surface area contributed by atoms with Crippen LogP contribution in [0.1, 0.15) is 5.56 Å². The van der Waals surface area contributed by atoms with E-state index in [1.54, 1.807) is 18.3 Å². The molecule has 0 saturated heterocycles. The van der Waals surface area contributed by atoms with Crippen molar-refractivity contribution in [1.29, 1.82) is 0 Å². The van der Waals surface area contributed by atoms with Crippen LogP contribution in [0.25, 0.3) is 0 Å². The van der Waals surface area contributed by atoms with E-state index in [4.69, 9.17) is 0 Å². The molecule has 0 bridgehead atoms. The Morgan fingerprint density at radius 2 is 2.28 bits per heavy atom. The molecule has 2 rings (SSSR count). The minimum absolute atomic E-state index is 0.164. The summed E-state index contributed by atoms with van der Waals surface area (Å²) in [7, 11) is 0. The van der Waals surface area contributed by atoms with Gasteiger partial charge in [0.1, 0.15) is 5.75 Å². The van der Waals surface area contributed by atoms with Gasteiger partial charge in [-0.3, -0.25) is 0 Å². The second-order valence-corrected chi connectivity index (χ2v) is 5.13. The number of alkyl halides is 2. The second kappa shape index (κ2) is 6.10. The molecule has 7 heteroatoms. The van der Waals surface area contributed by atoms with E-state index in [1.165, 1.54) is 17.4 Å². The molecule has 0 aliphatic carbocycles. The normalized spacial score (nSPS) is 10.7. The van der Waals surface area contributed by atoms with Gasteiger partial charge in [-0.25, -0.2) is 4.98 Å². The van der Waals surface area contributed by atoms with Gasteiger partial charge in [0.2, 0.25) is 0 Å². The lowest BCUT2D eigenvalue weighted by atomic mass is 10.2. The third-order valence-electron chi connectivity index (χ3n) is 2.10. The zero-order valence-electron chi connectivity index (χ0n) is 9.07. The van der Waals surface area contributed by atoms with Crippen LogP contribution in [0.2, 0.25) is 0 Å². The highest BCUT2D eigenvalue weighted by molar-refractivity contribution is 9.10.